The smallest absolute Gasteiger partial charge is 0.283 e. The van der Waals surface area contributed by atoms with Crippen molar-refractivity contribution in [1.82, 2.24) is 9.63 Å². The number of carbonyl (C=O) groups excluding carboxylic acids is 1. The number of allylic oxidation sites excluding steroid dienone is 1. The summed E-state index contributed by atoms with van der Waals surface area (Å²) >= 11 is 0. The molecule has 0 spiro atoms. The number of aryl methyl sites for hydroxylation is 1. The Morgan fingerprint density at radius 2 is 2.11 bits per heavy atom. The molecule has 0 radical (unpaired) electrons. The summed E-state index contributed by atoms with van der Waals surface area (Å²) < 4.78 is 7.78. The van der Waals surface area contributed by atoms with Gasteiger partial charge in [-0.1, -0.05) is 12.1 Å². The average Bonchev–Trinajstić information content (AvgIpc) is 3.24. The Morgan fingerprint density at radius 1 is 1.25 bits per heavy atom. The standard InChI is InChI=1S/C21H20N4O3/c1-14-5-3-7-17(11-14)27-10-9-24-8-4-6-16(24)13-18-20(22)25-19(23-21(18)26)12-15(2)28-25/h3-8,11-13,22H,9-10H2,1-2H3/b18-13+,22-20?. The highest BCUT2D eigenvalue weighted by Crippen LogP contribution is 2.23. The van der Waals surface area contributed by atoms with E-state index in [0.29, 0.717) is 24.7 Å². The van der Waals surface area contributed by atoms with Crippen molar-refractivity contribution in [3.63, 3.8) is 0 Å². The number of fused-ring (bicyclic) bond motifs is 1. The number of ether oxygens (including phenoxy) is 1. The Kier molecular flexibility index (Phi) is 4.57. The van der Waals surface area contributed by atoms with Crippen LogP contribution in [0.1, 0.15) is 18.2 Å². The number of hydrogen-bond acceptors (Lipinski definition) is 4. The highest BCUT2D eigenvalue weighted by molar-refractivity contribution is 6.32. The number of aromatic nitrogens is 1. The minimum atomic E-state index is -0.449. The maximum Gasteiger partial charge on any atom is 0.283 e. The zero-order valence-electron chi connectivity index (χ0n) is 15.7. The minimum absolute atomic E-state index is 0.0214. The van der Waals surface area contributed by atoms with Crippen molar-refractivity contribution in [1.29, 1.82) is 5.41 Å². The lowest BCUT2D eigenvalue weighted by Gasteiger charge is -2.23. The minimum Gasteiger partial charge on any atom is -0.492 e. The first-order valence-corrected chi connectivity index (χ1v) is 8.96. The molecule has 7 heteroatoms. The zero-order valence-corrected chi connectivity index (χ0v) is 15.7. The van der Waals surface area contributed by atoms with Crippen LogP contribution in [-0.4, -0.2) is 33.8 Å². The Hall–Kier alpha value is -3.61. The van der Waals surface area contributed by atoms with Crippen molar-refractivity contribution in [2.75, 3.05) is 6.61 Å². The molecule has 1 amide bonds. The van der Waals surface area contributed by atoms with Gasteiger partial charge in [0.1, 0.15) is 18.1 Å². The fraction of sp³-hybridized carbons (Fsp3) is 0.190. The largest absolute Gasteiger partial charge is 0.492 e. The molecule has 0 fully saturated rings. The van der Waals surface area contributed by atoms with Crippen LogP contribution >= 0.6 is 0 Å². The van der Waals surface area contributed by atoms with Crippen LogP contribution in [0.15, 0.2) is 65.0 Å². The van der Waals surface area contributed by atoms with Crippen molar-refractivity contribution >= 4 is 23.7 Å². The lowest BCUT2D eigenvalue weighted by molar-refractivity contribution is -0.114. The van der Waals surface area contributed by atoms with Crippen LogP contribution in [-0.2, 0) is 16.2 Å². The maximum absolute atomic E-state index is 12.4. The van der Waals surface area contributed by atoms with Crippen LogP contribution < -0.4 is 4.74 Å². The number of amidine groups is 2. The first kappa shape index (κ1) is 17.8. The van der Waals surface area contributed by atoms with Crippen LogP contribution in [0.3, 0.4) is 0 Å². The first-order valence-electron chi connectivity index (χ1n) is 8.96. The van der Waals surface area contributed by atoms with E-state index in [1.54, 1.807) is 19.1 Å². The molecule has 7 nitrogen and oxygen atoms in total. The molecule has 4 rings (SSSR count). The van der Waals surface area contributed by atoms with Crippen LogP contribution in [0, 0.1) is 12.3 Å². The highest BCUT2D eigenvalue weighted by atomic mass is 16.7. The van der Waals surface area contributed by atoms with Gasteiger partial charge in [0.2, 0.25) is 0 Å². The van der Waals surface area contributed by atoms with Gasteiger partial charge in [0.05, 0.1) is 12.1 Å². The van der Waals surface area contributed by atoms with Crippen molar-refractivity contribution in [3.8, 4) is 5.75 Å². The third-order valence-electron chi connectivity index (χ3n) is 4.43. The molecule has 1 N–H and O–H groups in total. The first-order chi connectivity index (χ1) is 13.5. The van der Waals surface area contributed by atoms with E-state index < -0.39 is 5.91 Å². The summed E-state index contributed by atoms with van der Waals surface area (Å²) in [5.41, 5.74) is 2.13. The van der Waals surface area contributed by atoms with E-state index in [-0.39, 0.29) is 11.4 Å². The number of hydroxylamine groups is 2. The number of aliphatic imine (C=N–C) groups is 1. The number of hydrogen-bond donors (Lipinski definition) is 1. The highest BCUT2D eigenvalue weighted by Gasteiger charge is 2.34. The summed E-state index contributed by atoms with van der Waals surface area (Å²) in [6.45, 7) is 4.87. The van der Waals surface area contributed by atoms with Gasteiger partial charge in [-0.25, -0.2) is 0 Å². The molecular formula is C21H20N4O3. The number of benzene rings is 1. The van der Waals surface area contributed by atoms with Crippen molar-refractivity contribution in [2.24, 2.45) is 4.99 Å². The second-order valence-electron chi connectivity index (χ2n) is 6.61. The Balaban J connectivity index is 1.48. The van der Waals surface area contributed by atoms with Gasteiger partial charge < -0.3 is 14.1 Å². The maximum atomic E-state index is 12.4. The van der Waals surface area contributed by atoms with Gasteiger partial charge in [-0.2, -0.15) is 4.99 Å². The van der Waals surface area contributed by atoms with Gasteiger partial charge >= 0.3 is 0 Å². The Morgan fingerprint density at radius 3 is 2.93 bits per heavy atom. The number of rotatable bonds is 5. The Labute approximate surface area is 162 Å². The molecule has 142 valence electrons. The zero-order chi connectivity index (χ0) is 19.7. The van der Waals surface area contributed by atoms with Crippen LogP contribution in [0.2, 0.25) is 0 Å². The second kappa shape index (κ2) is 7.19. The van der Waals surface area contributed by atoms with Crippen LogP contribution in [0.25, 0.3) is 6.08 Å². The van der Waals surface area contributed by atoms with E-state index in [1.165, 1.54) is 5.06 Å². The molecule has 0 saturated carbocycles. The van der Waals surface area contributed by atoms with E-state index in [9.17, 15) is 4.79 Å². The number of nitrogens with one attached hydrogen (secondary N) is 1. The predicted molar refractivity (Wildman–Crippen MR) is 106 cm³/mol. The van der Waals surface area contributed by atoms with Gasteiger partial charge in [0.25, 0.3) is 5.91 Å². The van der Waals surface area contributed by atoms with Crippen molar-refractivity contribution in [2.45, 2.75) is 20.4 Å². The van der Waals surface area contributed by atoms with Crippen molar-refractivity contribution in [3.05, 3.63) is 71.3 Å². The van der Waals surface area contributed by atoms with E-state index in [1.807, 2.05) is 54.1 Å². The molecular weight excluding hydrogens is 356 g/mol. The molecule has 0 unspecified atom stereocenters. The summed E-state index contributed by atoms with van der Waals surface area (Å²) in [7, 11) is 0. The summed E-state index contributed by atoms with van der Waals surface area (Å²) in [5, 5.41) is 9.56. The molecule has 2 aliphatic rings. The molecule has 0 saturated heterocycles. The molecule has 28 heavy (non-hydrogen) atoms. The van der Waals surface area contributed by atoms with E-state index >= 15 is 0 Å². The SMILES string of the molecule is CC1=CC2=NC(=O)/C(=C/c3cccn3CCOc3cccc(C)c3)C(=N)N2O1. The molecule has 1 aromatic carbocycles. The normalized spacial score (nSPS) is 17.4. The average molecular weight is 376 g/mol. The van der Waals surface area contributed by atoms with Gasteiger partial charge in [0.15, 0.2) is 11.7 Å². The lowest BCUT2D eigenvalue weighted by Crippen LogP contribution is -2.38. The second-order valence-corrected chi connectivity index (χ2v) is 6.61. The van der Waals surface area contributed by atoms with Crippen LogP contribution in [0.4, 0.5) is 0 Å². The summed E-state index contributed by atoms with van der Waals surface area (Å²) in [6, 6.07) is 11.7. The monoisotopic (exact) mass is 376 g/mol. The molecule has 2 aromatic rings. The van der Waals surface area contributed by atoms with Crippen LogP contribution in [0.5, 0.6) is 5.75 Å². The summed E-state index contributed by atoms with van der Waals surface area (Å²) in [4.78, 5) is 21.8. The summed E-state index contributed by atoms with van der Waals surface area (Å²) in [6.07, 6.45) is 5.21. The van der Waals surface area contributed by atoms with Gasteiger partial charge in [0, 0.05) is 18.0 Å². The lowest BCUT2D eigenvalue weighted by atomic mass is 10.1. The predicted octanol–water partition coefficient (Wildman–Crippen LogP) is 3.33. The van der Waals surface area contributed by atoms with Gasteiger partial charge in [-0.15, -0.1) is 5.06 Å². The topological polar surface area (TPSA) is 79.9 Å². The summed E-state index contributed by atoms with van der Waals surface area (Å²) in [5.74, 6) is 1.29. The van der Waals surface area contributed by atoms with Crippen molar-refractivity contribution < 1.29 is 14.4 Å². The third-order valence-corrected chi connectivity index (χ3v) is 4.43. The number of nitrogens with zero attached hydrogens (tertiary/aromatic N) is 3. The van der Waals surface area contributed by atoms with Gasteiger partial charge in [-0.3, -0.25) is 10.2 Å². The molecule has 2 aliphatic heterocycles. The van der Waals surface area contributed by atoms with Gasteiger partial charge in [-0.05, 0) is 49.8 Å². The fourth-order valence-electron chi connectivity index (χ4n) is 3.08. The number of carbonyl (C=O) groups is 1. The molecule has 0 aliphatic carbocycles. The molecule has 3 heterocycles. The molecule has 1 aromatic heterocycles. The van der Waals surface area contributed by atoms with E-state index in [0.717, 1.165) is 17.0 Å². The molecule has 0 bridgehead atoms. The third kappa shape index (κ3) is 3.46. The Bertz CT molecular complexity index is 1050. The van der Waals surface area contributed by atoms with E-state index in [2.05, 4.69) is 4.99 Å². The quantitative estimate of drug-likeness (QED) is 0.812. The fourth-order valence-corrected chi connectivity index (χ4v) is 3.08. The van der Waals surface area contributed by atoms with E-state index in [4.69, 9.17) is 15.0 Å². The molecule has 0 atom stereocenters. The number of amides is 1.